The van der Waals surface area contributed by atoms with Crippen LogP contribution in [0.1, 0.15) is 33.7 Å². The zero-order valence-corrected chi connectivity index (χ0v) is 8.76. The van der Waals surface area contributed by atoms with Gasteiger partial charge in [0.25, 0.3) is 12.3 Å². The number of hydrogen-bond acceptors (Lipinski definition) is 3. The van der Waals surface area contributed by atoms with Crippen molar-refractivity contribution in [1.29, 1.82) is 0 Å². The van der Waals surface area contributed by atoms with Crippen LogP contribution in [0.5, 0.6) is 0 Å². The van der Waals surface area contributed by atoms with Gasteiger partial charge in [-0.3, -0.25) is 4.79 Å². The third-order valence-electron chi connectivity index (χ3n) is 2.08. The number of hydrogen-bond donors (Lipinski definition) is 2. The number of carbonyl (C=O) groups excluding carboxylic acids is 1. The fourth-order valence-electron chi connectivity index (χ4n) is 1.38. The third kappa shape index (κ3) is 2.73. The van der Waals surface area contributed by atoms with Crippen LogP contribution in [0.25, 0.3) is 0 Å². The molecule has 0 aromatic carbocycles. The predicted molar refractivity (Wildman–Crippen MR) is 50.6 cm³/mol. The molecule has 0 fully saturated rings. The van der Waals surface area contributed by atoms with Gasteiger partial charge in [-0.1, -0.05) is 0 Å². The van der Waals surface area contributed by atoms with Crippen molar-refractivity contribution in [2.45, 2.75) is 19.1 Å². The van der Waals surface area contributed by atoms with Crippen molar-refractivity contribution in [1.82, 2.24) is 4.98 Å². The average Bonchev–Trinajstić information content (AvgIpc) is 2.25. The first kappa shape index (κ1) is 14.3. The molecular weight excluding hydrogens is 261 g/mol. The first-order valence-corrected chi connectivity index (χ1v) is 4.57. The quantitative estimate of drug-likeness (QED) is 0.817. The molecule has 1 rings (SSSR count). The van der Waals surface area contributed by atoms with Crippen LogP contribution in [-0.4, -0.2) is 10.9 Å². The van der Waals surface area contributed by atoms with Crippen molar-refractivity contribution in [3.05, 3.63) is 28.6 Å². The summed E-state index contributed by atoms with van der Waals surface area (Å²) in [5.41, 5.74) is 5.64. The Labute approximate surface area is 97.8 Å². The number of rotatable bonds is 3. The Morgan fingerprint density at radius 2 is 1.94 bits per heavy atom. The predicted octanol–water partition coefficient (Wildman–Crippen LogP) is 1.60. The molecule has 4 nitrogen and oxygen atoms in total. The van der Waals surface area contributed by atoms with Gasteiger partial charge < -0.3 is 11.5 Å². The van der Waals surface area contributed by atoms with Gasteiger partial charge in [0.1, 0.15) is 5.69 Å². The monoisotopic (exact) mass is 269 g/mol. The van der Waals surface area contributed by atoms with E-state index in [9.17, 15) is 26.7 Å². The number of primary amides is 1. The Bertz CT molecular complexity index is 472. The highest BCUT2D eigenvalue weighted by molar-refractivity contribution is 5.95. The molecule has 9 heteroatoms. The van der Waals surface area contributed by atoms with Gasteiger partial charge in [0.2, 0.25) is 0 Å². The topological polar surface area (TPSA) is 82.0 Å². The largest absolute Gasteiger partial charge is 0.417 e. The molecule has 18 heavy (non-hydrogen) atoms. The highest BCUT2D eigenvalue weighted by Crippen LogP contribution is 2.35. The molecule has 1 aromatic heterocycles. The first-order valence-electron chi connectivity index (χ1n) is 4.57. The molecule has 4 N–H and O–H groups in total. The Hall–Kier alpha value is -1.77. The first-order chi connectivity index (χ1) is 8.18. The zero-order valence-electron chi connectivity index (χ0n) is 8.76. The number of nitrogens with zero attached hydrogens (tertiary/aromatic N) is 1. The van der Waals surface area contributed by atoms with Gasteiger partial charge in [-0.05, 0) is 6.07 Å². The normalized spacial score (nSPS) is 11.9. The van der Waals surface area contributed by atoms with Gasteiger partial charge in [0, 0.05) is 6.54 Å². The van der Waals surface area contributed by atoms with Crippen LogP contribution in [0.15, 0.2) is 6.07 Å². The summed E-state index contributed by atoms with van der Waals surface area (Å²) >= 11 is 0. The molecule has 0 saturated heterocycles. The zero-order chi connectivity index (χ0) is 14.1. The second kappa shape index (κ2) is 4.84. The molecular formula is C9H8F5N3O. The number of carbonyl (C=O) groups is 1. The SMILES string of the molecule is NCc1nc(C(F)F)cc(C(F)(F)F)c1C(N)=O. The van der Waals surface area contributed by atoms with E-state index in [1.54, 1.807) is 0 Å². The van der Waals surface area contributed by atoms with Crippen molar-refractivity contribution < 1.29 is 26.7 Å². The van der Waals surface area contributed by atoms with Gasteiger partial charge >= 0.3 is 6.18 Å². The fraction of sp³-hybridized carbons (Fsp3) is 0.333. The van der Waals surface area contributed by atoms with Crippen LogP contribution in [0, 0.1) is 0 Å². The molecule has 0 atom stereocenters. The van der Waals surface area contributed by atoms with Gasteiger partial charge in [-0.15, -0.1) is 0 Å². The number of amides is 1. The number of pyridine rings is 1. The van der Waals surface area contributed by atoms with Crippen LogP contribution < -0.4 is 11.5 Å². The number of nitrogens with two attached hydrogens (primary N) is 2. The second-order valence-corrected chi connectivity index (χ2v) is 3.28. The summed E-state index contributed by atoms with van der Waals surface area (Å²) in [6.07, 6.45) is -8.21. The summed E-state index contributed by atoms with van der Waals surface area (Å²) in [5.74, 6) is -1.42. The van der Waals surface area contributed by atoms with Crippen molar-refractivity contribution in [2.24, 2.45) is 11.5 Å². The molecule has 0 bridgehead atoms. The van der Waals surface area contributed by atoms with Crippen LogP contribution in [0.3, 0.4) is 0 Å². The highest BCUT2D eigenvalue weighted by atomic mass is 19.4. The number of halogens is 5. The molecule has 0 aliphatic heterocycles. The van der Waals surface area contributed by atoms with Gasteiger partial charge in [0.15, 0.2) is 0 Å². The van der Waals surface area contributed by atoms with Crippen LogP contribution in [0.2, 0.25) is 0 Å². The second-order valence-electron chi connectivity index (χ2n) is 3.28. The van der Waals surface area contributed by atoms with Crippen molar-refractivity contribution >= 4 is 5.91 Å². The van der Waals surface area contributed by atoms with E-state index >= 15 is 0 Å². The van der Waals surface area contributed by atoms with E-state index in [1.807, 2.05) is 0 Å². The molecule has 0 aliphatic carbocycles. The molecule has 0 spiro atoms. The molecule has 100 valence electrons. The summed E-state index contributed by atoms with van der Waals surface area (Å²) in [5, 5.41) is 0. The van der Waals surface area contributed by atoms with Crippen LogP contribution in [0.4, 0.5) is 22.0 Å². The lowest BCUT2D eigenvalue weighted by atomic mass is 10.0. The third-order valence-corrected chi connectivity index (χ3v) is 2.08. The molecule has 1 heterocycles. The maximum Gasteiger partial charge on any atom is 0.417 e. The van der Waals surface area contributed by atoms with E-state index in [4.69, 9.17) is 11.5 Å². The van der Waals surface area contributed by atoms with E-state index in [0.717, 1.165) is 0 Å². The highest BCUT2D eigenvalue weighted by Gasteiger charge is 2.37. The molecule has 0 unspecified atom stereocenters. The molecule has 1 amide bonds. The maximum atomic E-state index is 12.6. The van der Waals surface area contributed by atoms with Crippen LogP contribution >= 0.6 is 0 Å². The van der Waals surface area contributed by atoms with E-state index in [2.05, 4.69) is 4.98 Å². The van der Waals surface area contributed by atoms with Crippen LogP contribution in [-0.2, 0) is 12.7 Å². The maximum absolute atomic E-state index is 12.6. The minimum atomic E-state index is -5.00. The number of alkyl halides is 5. The van der Waals surface area contributed by atoms with Crippen molar-refractivity contribution in [3.63, 3.8) is 0 Å². The van der Waals surface area contributed by atoms with Crippen molar-refractivity contribution in [2.75, 3.05) is 0 Å². The van der Waals surface area contributed by atoms with Gasteiger partial charge in [-0.25, -0.2) is 13.8 Å². The lowest BCUT2D eigenvalue weighted by molar-refractivity contribution is -0.138. The molecule has 0 aliphatic rings. The minimum absolute atomic E-state index is 0.101. The van der Waals surface area contributed by atoms with Gasteiger partial charge in [0.05, 0.1) is 16.8 Å². The summed E-state index contributed by atoms with van der Waals surface area (Å²) in [4.78, 5) is 14.2. The molecule has 0 saturated carbocycles. The minimum Gasteiger partial charge on any atom is -0.366 e. The average molecular weight is 269 g/mol. The standard InChI is InChI=1S/C9H8F5N3O/c10-7(11)4-1-3(9(12,13)14)6(8(16)18)5(2-15)17-4/h1,7H,2,15H2,(H2,16,18). The Morgan fingerprint density at radius 1 is 1.39 bits per heavy atom. The summed E-state index contributed by atoms with van der Waals surface area (Å²) in [6, 6.07) is 0.101. The van der Waals surface area contributed by atoms with E-state index in [1.165, 1.54) is 0 Å². The Balaban J connectivity index is 3.63. The molecule has 0 radical (unpaired) electrons. The van der Waals surface area contributed by atoms with E-state index in [-0.39, 0.29) is 6.07 Å². The lowest BCUT2D eigenvalue weighted by Gasteiger charge is -2.15. The fourth-order valence-corrected chi connectivity index (χ4v) is 1.38. The Kier molecular flexibility index (Phi) is 3.85. The summed E-state index contributed by atoms with van der Waals surface area (Å²) < 4.78 is 62.7. The molecule has 1 aromatic rings. The smallest absolute Gasteiger partial charge is 0.366 e. The number of aromatic nitrogens is 1. The van der Waals surface area contributed by atoms with Gasteiger partial charge in [-0.2, -0.15) is 13.2 Å². The lowest BCUT2D eigenvalue weighted by Crippen LogP contribution is -2.24. The van der Waals surface area contributed by atoms with E-state index < -0.39 is 47.6 Å². The Morgan fingerprint density at radius 3 is 2.28 bits per heavy atom. The van der Waals surface area contributed by atoms with Crippen molar-refractivity contribution in [3.8, 4) is 0 Å². The van der Waals surface area contributed by atoms with E-state index in [0.29, 0.717) is 0 Å². The summed E-state index contributed by atoms with van der Waals surface area (Å²) in [7, 11) is 0. The summed E-state index contributed by atoms with van der Waals surface area (Å²) in [6.45, 7) is -0.609.